The van der Waals surface area contributed by atoms with E-state index in [2.05, 4.69) is 4.40 Å². The van der Waals surface area contributed by atoms with E-state index >= 15 is 0 Å². The fourth-order valence-electron chi connectivity index (χ4n) is 0.177. The van der Waals surface area contributed by atoms with Crippen molar-refractivity contribution in [3.8, 4) is 0 Å². The predicted molar refractivity (Wildman–Crippen MR) is 35.8 cm³/mol. The number of hydrogen-bond donors (Lipinski definition) is 0. The normalized spacial score (nSPS) is 17.3. The van der Waals surface area contributed by atoms with Gasteiger partial charge in [-0.15, -0.1) is 10.9 Å². The van der Waals surface area contributed by atoms with Crippen molar-refractivity contribution in [2.45, 2.75) is 0 Å². The summed E-state index contributed by atoms with van der Waals surface area (Å²) in [6.45, 7) is 0. The van der Waals surface area contributed by atoms with E-state index < -0.39 is 0 Å². The summed E-state index contributed by atoms with van der Waals surface area (Å²) in [4.78, 5) is 0. The van der Waals surface area contributed by atoms with Crippen molar-refractivity contribution >= 4 is 39.2 Å². The maximum atomic E-state index is 3.84. The summed E-state index contributed by atoms with van der Waals surface area (Å²) >= 11 is 1.47. The van der Waals surface area contributed by atoms with Gasteiger partial charge < -0.3 is 0 Å². The molecule has 1 rings (SSSR count). The van der Waals surface area contributed by atoms with Gasteiger partial charge in [0.25, 0.3) is 0 Å². The molecular formula is C3H3NS2. The zero-order valence-corrected chi connectivity index (χ0v) is 4.63. The summed E-state index contributed by atoms with van der Waals surface area (Å²) in [5.41, 5.74) is 0. The van der Waals surface area contributed by atoms with E-state index in [4.69, 9.17) is 0 Å². The number of hydrogen-bond acceptors (Lipinski definition) is 2. The molecule has 0 saturated heterocycles. The lowest BCUT2D eigenvalue weighted by Gasteiger charge is -1.77. The van der Waals surface area contributed by atoms with Gasteiger partial charge in [-0.2, -0.15) is 0 Å². The Bertz CT molecular complexity index is 121. The average Bonchev–Trinajstić information content (AvgIpc) is 1.72. The van der Waals surface area contributed by atoms with Crippen LogP contribution in [-0.4, -0.2) is 16.3 Å². The third-order valence-corrected chi connectivity index (χ3v) is 1.67. The van der Waals surface area contributed by atoms with Gasteiger partial charge in [-0.1, -0.05) is 0 Å². The molecule has 0 aromatic carbocycles. The second kappa shape index (κ2) is 2.21. The van der Waals surface area contributed by atoms with E-state index in [1.165, 1.54) is 11.9 Å². The van der Waals surface area contributed by atoms with E-state index in [1.807, 2.05) is 10.1 Å². The van der Waals surface area contributed by atoms with E-state index in [1.54, 1.807) is 17.2 Å². The Morgan fingerprint density at radius 1 is 1.50 bits per heavy atom. The van der Waals surface area contributed by atoms with Crippen LogP contribution in [0.25, 0.3) is 0 Å². The first-order valence-electron chi connectivity index (χ1n) is 1.48. The van der Waals surface area contributed by atoms with Crippen LogP contribution in [-0.2, 0) is 0 Å². The first kappa shape index (κ1) is 4.15. The summed E-state index contributed by atoms with van der Waals surface area (Å²) < 4.78 is 5.81. The fraction of sp³-hybridized carbons (Fsp3) is 0. The Balaban J connectivity index is 2.78. The van der Waals surface area contributed by atoms with Crippen molar-refractivity contribution in [2.75, 3.05) is 0 Å². The molecule has 0 N–H and O–H groups in total. The molecule has 0 fully saturated rings. The minimum atomic E-state index is 1.47. The monoisotopic (exact) mass is 117 g/mol. The summed E-state index contributed by atoms with van der Waals surface area (Å²) in [6, 6.07) is 0. The molecule has 0 aliphatic carbocycles. The van der Waals surface area contributed by atoms with E-state index in [-0.39, 0.29) is 0 Å². The topological polar surface area (TPSA) is 12.4 Å². The zero-order valence-electron chi connectivity index (χ0n) is 3.00. The predicted octanol–water partition coefficient (Wildman–Crippen LogP) is 1.01. The number of rotatable bonds is 0. The van der Waals surface area contributed by atoms with Gasteiger partial charge in [0.1, 0.15) is 0 Å². The van der Waals surface area contributed by atoms with Gasteiger partial charge in [-0.3, -0.25) is 0 Å². The molecule has 0 amide bonds. The van der Waals surface area contributed by atoms with Gasteiger partial charge in [0.05, 0.1) is 0 Å². The summed E-state index contributed by atoms with van der Waals surface area (Å²) in [7, 11) is 1.66. The molecule has 1 heterocycles. The van der Waals surface area contributed by atoms with Crippen LogP contribution in [0.1, 0.15) is 0 Å². The van der Waals surface area contributed by atoms with Gasteiger partial charge >= 0.3 is 0 Å². The van der Waals surface area contributed by atoms with Crippen molar-refractivity contribution in [1.29, 1.82) is 0 Å². The van der Waals surface area contributed by atoms with Crippen molar-refractivity contribution in [1.82, 2.24) is 0 Å². The van der Waals surface area contributed by atoms with Gasteiger partial charge in [0.2, 0.25) is 0 Å². The molecule has 0 bridgehead atoms. The lowest BCUT2D eigenvalue weighted by Crippen LogP contribution is -1.69. The highest BCUT2D eigenvalue weighted by atomic mass is 32.2. The quantitative estimate of drug-likeness (QED) is 0.341. The molecule has 1 nitrogen and oxygen atoms in total. The molecule has 32 valence electrons. The first-order chi connectivity index (χ1) is 3.00. The SMILES string of the molecule is C1=NSC=S=C1. The van der Waals surface area contributed by atoms with E-state index in [0.717, 1.165) is 0 Å². The van der Waals surface area contributed by atoms with Crippen molar-refractivity contribution in [3.05, 3.63) is 0 Å². The Morgan fingerprint density at radius 2 is 2.50 bits per heavy atom. The summed E-state index contributed by atoms with van der Waals surface area (Å²) in [5.74, 6) is 0. The van der Waals surface area contributed by atoms with Crippen LogP contribution in [0.3, 0.4) is 0 Å². The minimum absolute atomic E-state index is 1.47. The minimum Gasteiger partial charge on any atom is -0.218 e. The third-order valence-electron chi connectivity index (χ3n) is 0.360. The van der Waals surface area contributed by atoms with Gasteiger partial charge in [-0.05, 0) is 0 Å². The second-order valence-electron chi connectivity index (χ2n) is 0.728. The van der Waals surface area contributed by atoms with Crippen LogP contribution in [0.2, 0.25) is 0 Å². The summed E-state index contributed by atoms with van der Waals surface area (Å²) in [5, 5.41) is 1.94. The van der Waals surface area contributed by atoms with Crippen molar-refractivity contribution in [3.63, 3.8) is 0 Å². The van der Waals surface area contributed by atoms with Crippen LogP contribution in [0, 0.1) is 0 Å². The first-order valence-corrected chi connectivity index (χ1v) is 3.26. The molecule has 0 spiro atoms. The molecule has 0 radical (unpaired) electrons. The molecule has 0 aromatic rings. The van der Waals surface area contributed by atoms with E-state index in [9.17, 15) is 0 Å². The van der Waals surface area contributed by atoms with Crippen LogP contribution in [0.4, 0.5) is 0 Å². The van der Waals surface area contributed by atoms with Gasteiger partial charge in [0, 0.05) is 28.2 Å². The molecule has 0 atom stereocenters. The third kappa shape index (κ3) is 0.988. The average molecular weight is 117 g/mol. The summed E-state index contributed by atoms with van der Waals surface area (Å²) in [6.07, 6.45) is 1.79. The standard InChI is InChI=1S/C3H3NS2/c1-2-5-3-6-4-1/h1-3H. The molecule has 1 aliphatic heterocycles. The molecule has 6 heavy (non-hydrogen) atoms. The van der Waals surface area contributed by atoms with Crippen LogP contribution in [0.15, 0.2) is 4.40 Å². The molecular weight excluding hydrogens is 114 g/mol. The largest absolute Gasteiger partial charge is 0.218 e. The molecule has 3 heteroatoms. The highest BCUT2D eigenvalue weighted by Crippen LogP contribution is 1.96. The zero-order chi connectivity index (χ0) is 4.24. The van der Waals surface area contributed by atoms with Gasteiger partial charge in [0.15, 0.2) is 0 Å². The maximum Gasteiger partial charge on any atom is 0.0468 e. The van der Waals surface area contributed by atoms with Crippen LogP contribution in [0.5, 0.6) is 0 Å². The smallest absolute Gasteiger partial charge is 0.0468 e. The Kier molecular flexibility index (Phi) is 1.52. The molecule has 1 aliphatic rings. The lowest BCUT2D eigenvalue weighted by atomic mass is 10.9. The maximum absolute atomic E-state index is 3.84. The Labute approximate surface area is 44.1 Å². The number of nitrogens with zero attached hydrogens (tertiary/aromatic N) is 1. The molecule has 0 unspecified atom stereocenters. The van der Waals surface area contributed by atoms with Crippen molar-refractivity contribution < 1.29 is 0 Å². The second-order valence-corrected chi connectivity index (χ2v) is 2.46. The Morgan fingerprint density at radius 3 is 2.67 bits per heavy atom. The van der Waals surface area contributed by atoms with E-state index in [0.29, 0.717) is 0 Å². The Hall–Kier alpha value is -0.0200. The highest BCUT2D eigenvalue weighted by molar-refractivity contribution is 8.24. The van der Waals surface area contributed by atoms with Gasteiger partial charge in [-0.25, -0.2) is 4.40 Å². The lowest BCUT2D eigenvalue weighted by molar-refractivity contribution is 2.04. The van der Waals surface area contributed by atoms with Crippen LogP contribution >= 0.6 is 22.9 Å². The fourth-order valence-corrected chi connectivity index (χ4v) is 1.17. The molecule has 0 aromatic heterocycles. The van der Waals surface area contributed by atoms with Crippen molar-refractivity contribution in [2.24, 2.45) is 4.40 Å². The molecule has 0 saturated carbocycles. The highest BCUT2D eigenvalue weighted by Gasteiger charge is 1.70. The van der Waals surface area contributed by atoms with Crippen LogP contribution < -0.4 is 0 Å².